The Balaban J connectivity index is 1.56. The maximum absolute atomic E-state index is 10.7. The number of hydrogen-bond acceptors (Lipinski definition) is 3. The highest BCUT2D eigenvalue weighted by atomic mass is 16.5. The number of carbonyl (C=O) groups excluding carboxylic acids is 1. The van der Waals surface area contributed by atoms with Crippen molar-refractivity contribution < 1.29 is 14.3 Å². The first-order chi connectivity index (χ1) is 10.1. The Kier molecular flexibility index (Phi) is 3.79. The van der Waals surface area contributed by atoms with Crippen LogP contribution in [0.4, 0.5) is 0 Å². The van der Waals surface area contributed by atoms with Gasteiger partial charge in [0.25, 0.3) is 0 Å². The van der Waals surface area contributed by atoms with Gasteiger partial charge in [0.05, 0.1) is 13.2 Å². The molecule has 1 aromatic carbocycles. The molecule has 0 radical (unpaired) electrons. The molecular weight excluding hydrogens is 266 g/mol. The monoisotopic (exact) mass is 289 g/mol. The third-order valence-corrected chi connectivity index (χ3v) is 4.78. The van der Waals surface area contributed by atoms with E-state index < -0.39 is 0 Å². The molecule has 4 nitrogen and oxygen atoms in total. The van der Waals surface area contributed by atoms with Crippen LogP contribution in [-0.2, 0) is 4.79 Å². The van der Waals surface area contributed by atoms with Crippen LogP contribution in [0.3, 0.4) is 0 Å². The van der Waals surface area contributed by atoms with Crippen molar-refractivity contribution in [3.8, 4) is 11.5 Å². The molecule has 2 fully saturated rings. The molecule has 1 heterocycles. The number of benzene rings is 1. The van der Waals surface area contributed by atoms with E-state index in [0.29, 0.717) is 5.41 Å². The molecule has 1 saturated carbocycles. The molecule has 1 saturated heterocycles. The summed E-state index contributed by atoms with van der Waals surface area (Å²) in [6.45, 7) is 3.91. The molecule has 4 heteroatoms. The van der Waals surface area contributed by atoms with Gasteiger partial charge in [-0.2, -0.15) is 0 Å². The molecule has 21 heavy (non-hydrogen) atoms. The first-order valence-electron chi connectivity index (χ1n) is 7.64. The summed E-state index contributed by atoms with van der Waals surface area (Å²) in [5.41, 5.74) is 1.53. The molecule has 2 aliphatic rings. The molecule has 0 unspecified atom stereocenters. The highest BCUT2D eigenvalue weighted by Crippen LogP contribution is 2.44. The van der Waals surface area contributed by atoms with E-state index in [1.807, 2.05) is 24.0 Å². The second-order valence-electron chi connectivity index (χ2n) is 6.51. The lowest BCUT2D eigenvalue weighted by atomic mass is 9.68. The van der Waals surface area contributed by atoms with Crippen LogP contribution in [-0.4, -0.2) is 37.6 Å². The normalized spacial score (nSPS) is 21.0. The van der Waals surface area contributed by atoms with Gasteiger partial charge in [-0.15, -0.1) is 0 Å². The van der Waals surface area contributed by atoms with E-state index in [1.165, 1.54) is 0 Å². The second kappa shape index (κ2) is 5.58. The Morgan fingerprint density at radius 3 is 2.48 bits per heavy atom. The second-order valence-corrected chi connectivity index (χ2v) is 6.51. The van der Waals surface area contributed by atoms with Gasteiger partial charge in [0.1, 0.15) is 11.5 Å². The van der Waals surface area contributed by atoms with Gasteiger partial charge in [-0.1, -0.05) is 0 Å². The standard InChI is InChI=1S/C17H23NO3/c1-13-7-15(20-2)9-16(8-13)21-14-3-5-17(6-4-14)10-18(11-17)12-19/h7-9,12,14H,3-6,10-11H2,1-2H3. The average Bonchev–Trinajstić information content (AvgIpc) is 2.45. The number of rotatable bonds is 4. The zero-order valence-corrected chi connectivity index (χ0v) is 12.8. The maximum atomic E-state index is 10.7. The topological polar surface area (TPSA) is 38.8 Å². The van der Waals surface area contributed by atoms with Crippen LogP contribution < -0.4 is 9.47 Å². The first-order valence-corrected chi connectivity index (χ1v) is 7.64. The molecule has 1 aromatic rings. The lowest BCUT2D eigenvalue weighted by molar-refractivity contribution is -0.132. The summed E-state index contributed by atoms with van der Waals surface area (Å²) in [7, 11) is 1.68. The van der Waals surface area contributed by atoms with E-state index in [-0.39, 0.29) is 6.10 Å². The quantitative estimate of drug-likeness (QED) is 0.800. The fourth-order valence-electron chi connectivity index (χ4n) is 3.62. The lowest BCUT2D eigenvalue weighted by Crippen LogP contribution is -2.57. The van der Waals surface area contributed by atoms with Crippen molar-refractivity contribution in [2.45, 2.75) is 38.7 Å². The van der Waals surface area contributed by atoms with Crippen molar-refractivity contribution in [1.29, 1.82) is 0 Å². The Morgan fingerprint density at radius 2 is 1.86 bits per heavy atom. The van der Waals surface area contributed by atoms with E-state index in [2.05, 4.69) is 6.07 Å². The van der Waals surface area contributed by atoms with Crippen molar-refractivity contribution >= 4 is 6.41 Å². The predicted octanol–water partition coefficient (Wildman–Crippen LogP) is 2.78. The minimum atomic E-state index is 0.285. The number of methoxy groups -OCH3 is 1. The largest absolute Gasteiger partial charge is 0.497 e. The minimum absolute atomic E-state index is 0.285. The first kappa shape index (κ1) is 14.2. The molecule has 1 aliphatic carbocycles. The van der Waals surface area contributed by atoms with Gasteiger partial charge in [-0.3, -0.25) is 4.79 Å². The molecule has 1 amide bonds. The lowest BCUT2D eigenvalue weighted by Gasteiger charge is -2.52. The number of carbonyl (C=O) groups is 1. The molecular formula is C17H23NO3. The fourth-order valence-corrected chi connectivity index (χ4v) is 3.62. The van der Waals surface area contributed by atoms with Gasteiger partial charge in [0.15, 0.2) is 0 Å². The van der Waals surface area contributed by atoms with Crippen molar-refractivity contribution in [3.05, 3.63) is 23.8 Å². The summed E-state index contributed by atoms with van der Waals surface area (Å²) >= 11 is 0. The Labute approximate surface area is 126 Å². The number of hydrogen-bond donors (Lipinski definition) is 0. The van der Waals surface area contributed by atoms with Crippen molar-refractivity contribution in [2.75, 3.05) is 20.2 Å². The molecule has 0 N–H and O–H groups in total. The molecule has 114 valence electrons. The Bertz CT molecular complexity index is 513. The van der Waals surface area contributed by atoms with Crippen LogP contribution >= 0.6 is 0 Å². The SMILES string of the molecule is COc1cc(C)cc(OC2CCC3(CC2)CN(C=O)C3)c1. The minimum Gasteiger partial charge on any atom is -0.497 e. The van der Waals surface area contributed by atoms with Gasteiger partial charge >= 0.3 is 0 Å². The van der Waals surface area contributed by atoms with Crippen LogP contribution in [0, 0.1) is 12.3 Å². The molecule has 0 bridgehead atoms. The van der Waals surface area contributed by atoms with Gasteiger partial charge in [-0.25, -0.2) is 0 Å². The predicted molar refractivity (Wildman–Crippen MR) is 80.7 cm³/mol. The third kappa shape index (κ3) is 2.99. The van der Waals surface area contributed by atoms with Crippen molar-refractivity contribution in [1.82, 2.24) is 4.90 Å². The van der Waals surface area contributed by atoms with Crippen LogP contribution in [0.25, 0.3) is 0 Å². The highest BCUT2D eigenvalue weighted by molar-refractivity contribution is 5.49. The Hall–Kier alpha value is -1.71. The van der Waals surface area contributed by atoms with Gasteiger partial charge < -0.3 is 14.4 Å². The highest BCUT2D eigenvalue weighted by Gasteiger charge is 2.45. The number of nitrogens with zero attached hydrogens (tertiary/aromatic N) is 1. The van der Waals surface area contributed by atoms with E-state index in [9.17, 15) is 4.79 Å². The summed E-state index contributed by atoms with van der Waals surface area (Å²) < 4.78 is 11.4. The average molecular weight is 289 g/mol. The summed E-state index contributed by atoms with van der Waals surface area (Å²) in [5.74, 6) is 1.74. The van der Waals surface area contributed by atoms with Crippen LogP contribution in [0.2, 0.25) is 0 Å². The van der Waals surface area contributed by atoms with E-state index in [1.54, 1.807) is 7.11 Å². The molecule has 1 aliphatic heterocycles. The van der Waals surface area contributed by atoms with Crippen LogP contribution in [0.15, 0.2) is 18.2 Å². The van der Waals surface area contributed by atoms with Crippen molar-refractivity contribution in [3.63, 3.8) is 0 Å². The smallest absolute Gasteiger partial charge is 0.209 e. The van der Waals surface area contributed by atoms with Gasteiger partial charge in [0.2, 0.25) is 6.41 Å². The summed E-state index contributed by atoms with van der Waals surface area (Å²) in [6, 6.07) is 6.02. The molecule has 3 rings (SSSR count). The zero-order valence-electron chi connectivity index (χ0n) is 12.8. The Morgan fingerprint density at radius 1 is 1.19 bits per heavy atom. The third-order valence-electron chi connectivity index (χ3n) is 4.78. The maximum Gasteiger partial charge on any atom is 0.209 e. The number of likely N-dealkylation sites (tertiary alicyclic amines) is 1. The van der Waals surface area contributed by atoms with Gasteiger partial charge in [-0.05, 0) is 50.3 Å². The van der Waals surface area contributed by atoms with Crippen LogP contribution in [0.5, 0.6) is 11.5 Å². The van der Waals surface area contributed by atoms with Crippen LogP contribution in [0.1, 0.15) is 31.2 Å². The zero-order chi connectivity index (χ0) is 14.9. The molecule has 0 atom stereocenters. The number of ether oxygens (including phenoxy) is 2. The summed E-state index contributed by atoms with van der Waals surface area (Å²) in [6.07, 6.45) is 5.71. The fraction of sp³-hybridized carbons (Fsp3) is 0.588. The molecule has 1 spiro atoms. The van der Waals surface area contributed by atoms with E-state index in [4.69, 9.17) is 9.47 Å². The summed E-state index contributed by atoms with van der Waals surface area (Å²) in [5, 5.41) is 0. The van der Waals surface area contributed by atoms with E-state index in [0.717, 1.165) is 62.2 Å². The van der Waals surface area contributed by atoms with E-state index >= 15 is 0 Å². The van der Waals surface area contributed by atoms with Gasteiger partial charge in [0, 0.05) is 24.6 Å². The molecule has 0 aromatic heterocycles. The summed E-state index contributed by atoms with van der Waals surface area (Å²) in [4.78, 5) is 12.6. The number of amides is 1. The van der Waals surface area contributed by atoms with Crippen molar-refractivity contribution in [2.24, 2.45) is 5.41 Å². The number of aryl methyl sites for hydroxylation is 1.